The normalized spacial score (nSPS) is 28.6. The Hall–Kier alpha value is -1.35. The van der Waals surface area contributed by atoms with Crippen LogP contribution < -0.4 is 0 Å². The Morgan fingerprint density at radius 1 is 1.29 bits per heavy atom. The zero-order valence-corrected chi connectivity index (χ0v) is 14.1. The first-order valence-electron chi connectivity index (χ1n) is 7.69. The minimum Gasteiger partial charge on any atom is -0.507 e. The first kappa shape index (κ1) is 16.0. The number of rotatable bonds is 3. The van der Waals surface area contributed by atoms with E-state index in [4.69, 9.17) is 4.99 Å². The second-order valence-corrected chi connectivity index (χ2v) is 7.28. The first-order chi connectivity index (χ1) is 9.68. The quantitative estimate of drug-likeness (QED) is 0.862. The molecule has 0 bridgehead atoms. The summed E-state index contributed by atoms with van der Waals surface area (Å²) in [5, 5.41) is 9.93. The summed E-state index contributed by atoms with van der Waals surface area (Å²) in [4.78, 5) is 7.14. The smallest absolute Gasteiger partial charge is 0.124 e. The lowest BCUT2D eigenvalue weighted by molar-refractivity contribution is 0.0568. The Kier molecular flexibility index (Phi) is 4.16. The minimum absolute atomic E-state index is 0.104. The Labute approximate surface area is 128 Å². The molecule has 1 saturated carbocycles. The van der Waals surface area contributed by atoms with Crippen molar-refractivity contribution >= 4 is 6.21 Å². The molecule has 0 saturated heterocycles. The number of benzene rings is 1. The van der Waals surface area contributed by atoms with Crippen LogP contribution in [-0.4, -0.2) is 41.9 Å². The van der Waals surface area contributed by atoms with Gasteiger partial charge in [-0.15, -0.1) is 0 Å². The third-order valence-corrected chi connectivity index (χ3v) is 5.69. The van der Waals surface area contributed by atoms with Crippen molar-refractivity contribution in [2.24, 2.45) is 10.4 Å². The Bertz CT molecular complexity index is 548. The lowest BCUT2D eigenvalue weighted by Crippen LogP contribution is -2.52. The molecule has 21 heavy (non-hydrogen) atoms. The molecule has 3 nitrogen and oxygen atoms in total. The van der Waals surface area contributed by atoms with E-state index in [0.717, 1.165) is 24.0 Å². The summed E-state index contributed by atoms with van der Waals surface area (Å²) < 4.78 is 0. The van der Waals surface area contributed by atoms with Gasteiger partial charge < -0.3 is 10.0 Å². The summed E-state index contributed by atoms with van der Waals surface area (Å²) >= 11 is 0. The van der Waals surface area contributed by atoms with E-state index in [-0.39, 0.29) is 17.0 Å². The Morgan fingerprint density at radius 3 is 2.52 bits per heavy atom. The van der Waals surface area contributed by atoms with Crippen LogP contribution in [0.25, 0.3) is 0 Å². The van der Waals surface area contributed by atoms with Crippen molar-refractivity contribution in [2.45, 2.75) is 52.1 Å². The molecule has 0 amide bonds. The van der Waals surface area contributed by atoms with Crippen LogP contribution >= 0.6 is 0 Å². The summed E-state index contributed by atoms with van der Waals surface area (Å²) in [6.07, 6.45) is 4.08. The molecule has 1 aromatic rings. The molecule has 1 aromatic carbocycles. The monoisotopic (exact) mass is 288 g/mol. The fourth-order valence-electron chi connectivity index (χ4n) is 3.47. The van der Waals surface area contributed by atoms with E-state index in [9.17, 15) is 5.11 Å². The van der Waals surface area contributed by atoms with Crippen LogP contribution in [-0.2, 0) is 0 Å². The molecule has 1 aliphatic carbocycles. The summed E-state index contributed by atoms with van der Waals surface area (Å²) in [6, 6.07) is 5.91. The van der Waals surface area contributed by atoms with Gasteiger partial charge in [0.25, 0.3) is 0 Å². The number of aryl methyl sites for hydroxylation is 1. The van der Waals surface area contributed by atoms with E-state index in [1.54, 1.807) is 6.07 Å². The third-order valence-electron chi connectivity index (χ3n) is 5.69. The van der Waals surface area contributed by atoms with Crippen molar-refractivity contribution in [1.82, 2.24) is 4.90 Å². The van der Waals surface area contributed by atoms with Gasteiger partial charge in [-0.3, -0.25) is 4.99 Å². The second-order valence-electron chi connectivity index (χ2n) is 7.28. The van der Waals surface area contributed by atoms with E-state index in [0.29, 0.717) is 5.75 Å². The van der Waals surface area contributed by atoms with Crippen LogP contribution in [0.2, 0.25) is 0 Å². The highest BCUT2D eigenvalue weighted by Gasteiger charge is 2.52. The summed E-state index contributed by atoms with van der Waals surface area (Å²) in [5.41, 5.74) is 2.21. The van der Waals surface area contributed by atoms with Crippen LogP contribution in [0.1, 0.15) is 44.7 Å². The molecule has 116 valence electrons. The number of phenolic OH excluding ortho intramolecular Hbond substituents is 1. The number of phenols is 1. The maximum absolute atomic E-state index is 9.93. The maximum atomic E-state index is 9.93. The van der Waals surface area contributed by atoms with Crippen LogP contribution in [0, 0.1) is 12.3 Å². The summed E-state index contributed by atoms with van der Waals surface area (Å²) in [7, 11) is 4.31. The third kappa shape index (κ3) is 2.71. The van der Waals surface area contributed by atoms with Gasteiger partial charge in [-0.25, -0.2) is 0 Å². The number of aliphatic imine (C=N–C) groups is 1. The molecule has 0 spiro atoms. The Balaban J connectivity index is 2.25. The van der Waals surface area contributed by atoms with Gasteiger partial charge in [-0.2, -0.15) is 0 Å². The van der Waals surface area contributed by atoms with Crippen molar-refractivity contribution < 1.29 is 5.11 Å². The van der Waals surface area contributed by atoms with Gasteiger partial charge >= 0.3 is 0 Å². The highest BCUT2D eigenvalue weighted by atomic mass is 16.3. The van der Waals surface area contributed by atoms with E-state index in [2.05, 4.69) is 39.8 Å². The van der Waals surface area contributed by atoms with Crippen molar-refractivity contribution in [3.8, 4) is 5.75 Å². The van der Waals surface area contributed by atoms with Crippen molar-refractivity contribution in [3.63, 3.8) is 0 Å². The zero-order valence-electron chi connectivity index (χ0n) is 14.1. The topological polar surface area (TPSA) is 35.8 Å². The van der Waals surface area contributed by atoms with Crippen LogP contribution in [0.15, 0.2) is 23.2 Å². The molecular formula is C18H28N2O. The average molecular weight is 288 g/mol. The van der Waals surface area contributed by atoms with Gasteiger partial charge in [-0.1, -0.05) is 25.5 Å². The molecule has 1 aliphatic rings. The molecule has 3 heteroatoms. The lowest BCUT2D eigenvalue weighted by atomic mass is 9.73. The predicted molar refractivity (Wildman–Crippen MR) is 89.3 cm³/mol. The zero-order chi connectivity index (χ0) is 15.8. The van der Waals surface area contributed by atoms with Crippen molar-refractivity contribution in [1.29, 1.82) is 0 Å². The van der Waals surface area contributed by atoms with Crippen LogP contribution in [0.4, 0.5) is 0 Å². The van der Waals surface area contributed by atoms with E-state index < -0.39 is 0 Å². The minimum atomic E-state index is 0.104. The molecule has 0 aromatic heterocycles. The van der Waals surface area contributed by atoms with Gasteiger partial charge in [0, 0.05) is 22.7 Å². The standard InChI is InChI=1S/C18H28N2O/c1-13-7-8-15(21)14(11-13)12-19-16-9-10-18(4,20(5)6)17(16,2)3/h7-8,11-12,16,21H,9-10H2,1-6H3/t16-,18+/m0/s1. The lowest BCUT2D eigenvalue weighted by Gasteiger charge is -2.45. The number of hydrogen-bond acceptors (Lipinski definition) is 3. The largest absolute Gasteiger partial charge is 0.507 e. The molecule has 1 N–H and O–H groups in total. The van der Waals surface area contributed by atoms with E-state index in [1.807, 2.05) is 25.3 Å². The molecule has 0 aliphatic heterocycles. The van der Waals surface area contributed by atoms with Gasteiger partial charge in [0.15, 0.2) is 0 Å². The average Bonchev–Trinajstić information content (AvgIpc) is 2.63. The van der Waals surface area contributed by atoms with Crippen molar-refractivity contribution in [3.05, 3.63) is 29.3 Å². The molecule has 0 unspecified atom stereocenters. The van der Waals surface area contributed by atoms with Crippen molar-refractivity contribution in [2.75, 3.05) is 14.1 Å². The van der Waals surface area contributed by atoms with Gasteiger partial charge in [0.1, 0.15) is 5.75 Å². The van der Waals surface area contributed by atoms with Crippen LogP contribution in [0.5, 0.6) is 5.75 Å². The second kappa shape index (κ2) is 5.45. The molecule has 2 atom stereocenters. The van der Waals surface area contributed by atoms with Gasteiger partial charge in [0.2, 0.25) is 0 Å². The highest BCUT2D eigenvalue weighted by molar-refractivity contribution is 5.83. The van der Waals surface area contributed by atoms with E-state index >= 15 is 0 Å². The highest BCUT2D eigenvalue weighted by Crippen LogP contribution is 2.50. The van der Waals surface area contributed by atoms with Gasteiger partial charge in [0.05, 0.1) is 6.04 Å². The van der Waals surface area contributed by atoms with Gasteiger partial charge in [-0.05, 0) is 52.9 Å². The first-order valence-corrected chi connectivity index (χ1v) is 7.69. The number of nitrogens with zero attached hydrogens (tertiary/aromatic N) is 2. The van der Waals surface area contributed by atoms with E-state index in [1.165, 1.54) is 0 Å². The maximum Gasteiger partial charge on any atom is 0.124 e. The molecular weight excluding hydrogens is 260 g/mol. The molecule has 0 radical (unpaired) electrons. The summed E-state index contributed by atoms with van der Waals surface area (Å²) in [5.74, 6) is 0.301. The molecule has 2 rings (SSSR count). The fourth-order valence-corrected chi connectivity index (χ4v) is 3.47. The number of aromatic hydroxyl groups is 1. The SMILES string of the molecule is Cc1ccc(O)c(C=N[C@H]2CC[C@@](C)(N(C)C)C2(C)C)c1. The van der Waals surface area contributed by atoms with Crippen LogP contribution in [0.3, 0.4) is 0 Å². The fraction of sp³-hybridized carbons (Fsp3) is 0.611. The summed E-state index contributed by atoms with van der Waals surface area (Å²) in [6.45, 7) is 8.96. The Morgan fingerprint density at radius 2 is 1.95 bits per heavy atom. The molecule has 0 heterocycles. The number of hydrogen-bond donors (Lipinski definition) is 1. The predicted octanol–water partition coefficient (Wildman–Crippen LogP) is 3.63. The molecule has 1 fully saturated rings.